The molecule has 0 aromatic carbocycles. The zero-order chi connectivity index (χ0) is 11.5. The van der Waals surface area contributed by atoms with Gasteiger partial charge >= 0.3 is 6.18 Å². The molecule has 0 aliphatic heterocycles. The molecule has 2 N–H and O–H groups in total. The molecule has 84 valence electrons. The minimum atomic E-state index is -4.33. The molecule has 0 saturated heterocycles. The molecular weight excluding hydrogens is 205 g/mol. The highest BCUT2D eigenvalue weighted by Crippen LogP contribution is 2.29. The number of nitrogens with two attached hydrogens (primary N) is 1. The van der Waals surface area contributed by atoms with E-state index in [-0.39, 0.29) is 6.04 Å². The maximum atomic E-state index is 12.2. The average molecular weight is 218 g/mol. The number of alkyl halides is 3. The van der Waals surface area contributed by atoms with Crippen molar-refractivity contribution in [1.82, 2.24) is 4.98 Å². The summed E-state index contributed by atoms with van der Waals surface area (Å²) in [6.45, 7) is 1.96. The Kier molecular flexibility index (Phi) is 3.68. The second-order valence-electron chi connectivity index (χ2n) is 3.36. The lowest BCUT2D eigenvalue weighted by molar-refractivity contribution is -0.137. The third kappa shape index (κ3) is 3.20. The van der Waals surface area contributed by atoms with Gasteiger partial charge in [0.05, 0.1) is 11.3 Å². The monoisotopic (exact) mass is 218 g/mol. The van der Waals surface area contributed by atoms with E-state index in [9.17, 15) is 13.2 Å². The predicted molar refractivity (Wildman–Crippen MR) is 51.1 cm³/mol. The molecule has 1 rings (SSSR count). The maximum Gasteiger partial charge on any atom is 0.417 e. The van der Waals surface area contributed by atoms with Crippen molar-refractivity contribution in [2.45, 2.75) is 32.0 Å². The summed E-state index contributed by atoms with van der Waals surface area (Å²) in [6, 6.07) is 2.07. The highest BCUT2D eigenvalue weighted by atomic mass is 19.4. The molecule has 0 radical (unpaired) electrons. The molecule has 1 heterocycles. The van der Waals surface area contributed by atoms with Gasteiger partial charge in [-0.2, -0.15) is 13.2 Å². The minimum Gasteiger partial charge on any atom is -0.323 e. The molecule has 15 heavy (non-hydrogen) atoms. The molecule has 0 aliphatic carbocycles. The summed E-state index contributed by atoms with van der Waals surface area (Å²) in [5, 5.41) is 0. The lowest BCUT2D eigenvalue weighted by Crippen LogP contribution is -2.13. The van der Waals surface area contributed by atoms with Crippen LogP contribution in [-0.2, 0) is 6.18 Å². The first-order valence-corrected chi connectivity index (χ1v) is 4.74. The van der Waals surface area contributed by atoms with Crippen molar-refractivity contribution in [2.24, 2.45) is 5.73 Å². The van der Waals surface area contributed by atoms with Gasteiger partial charge in [0.2, 0.25) is 0 Å². The zero-order valence-electron chi connectivity index (χ0n) is 8.38. The molecule has 2 nitrogen and oxygen atoms in total. The molecule has 0 fully saturated rings. The first-order chi connectivity index (χ1) is 6.95. The summed E-state index contributed by atoms with van der Waals surface area (Å²) < 4.78 is 36.6. The van der Waals surface area contributed by atoms with Crippen molar-refractivity contribution in [3.05, 3.63) is 29.6 Å². The van der Waals surface area contributed by atoms with Crippen LogP contribution < -0.4 is 5.73 Å². The van der Waals surface area contributed by atoms with Gasteiger partial charge in [0.1, 0.15) is 0 Å². The van der Waals surface area contributed by atoms with Crippen LogP contribution in [0.3, 0.4) is 0 Å². The number of aromatic nitrogens is 1. The van der Waals surface area contributed by atoms with Crippen LogP contribution >= 0.6 is 0 Å². The van der Waals surface area contributed by atoms with E-state index in [0.29, 0.717) is 5.69 Å². The summed E-state index contributed by atoms with van der Waals surface area (Å²) >= 11 is 0. The highest BCUT2D eigenvalue weighted by molar-refractivity contribution is 5.18. The van der Waals surface area contributed by atoms with E-state index in [1.807, 2.05) is 6.92 Å². The van der Waals surface area contributed by atoms with Crippen LogP contribution in [0.1, 0.15) is 37.1 Å². The number of pyridine rings is 1. The molecule has 0 spiro atoms. The normalized spacial score (nSPS) is 13.9. The van der Waals surface area contributed by atoms with Gasteiger partial charge in [-0.25, -0.2) is 0 Å². The maximum absolute atomic E-state index is 12.2. The Morgan fingerprint density at radius 1 is 1.40 bits per heavy atom. The Morgan fingerprint density at radius 3 is 2.47 bits per heavy atom. The van der Waals surface area contributed by atoms with Gasteiger partial charge in [-0.15, -0.1) is 0 Å². The van der Waals surface area contributed by atoms with Crippen LogP contribution in [0.5, 0.6) is 0 Å². The summed E-state index contributed by atoms with van der Waals surface area (Å²) in [5.74, 6) is 0. The Hall–Kier alpha value is -1.10. The second-order valence-corrected chi connectivity index (χ2v) is 3.36. The SMILES string of the molecule is CCCC(N)c1ccc(C(F)(F)F)cn1. The lowest BCUT2D eigenvalue weighted by Gasteiger charge is -2.11. The summed E-state index contributed by atoms with van der Waals surface area (Å²) in [6.07, 6.45) is -1.91. The fourth-order valence-corrected chi connectivity index (χ4v) is 1.25. The predicted octanol–water partition coefficient (Wildman–Crippen LogP) is 2.90. The minimum absolute atomic E-state index is 0.280. The van der Waals surface area contributed by atoms with Crippen molar-refractivity contribution in [1.29, 1.82) is 0 Å². The van der Waals surface area contributed by atoms with Crippen molar-refractivity contribution >= 4 is 0 Å². The highest BCUT2D eigenvalue weighted by Gasteiger charge is 2.30. The number of nitrogens with zero attached hydrogens (tertiary/aromatic N) is 1. The fourth-order valence-electron chi connectivity index (χ4n) is 1.25. The summed E-state index contributed by atoms with van der Waals surface area (Å²) in [7, 11) is 0. The first-order valence-electron chi connectivity index (χ1n) is 4.74. The summed E-state index contributed by atoms with van der Waals surface area (Å²) in [5.41, 5.74) is 5.48. The molecule has 1 unspecified atom stereocenters. The molecule has 0 amide bonds. The molecule has 1 atom stereocenters. The number of hydrogen-bond donors (Lipinski definition) is 1. The number of rotatable bonds is 3. The van der Waals surface area contributed by atoms with Gasteiger partial charge in [0.15, 0.2) is 0 Å². The number of halogens is 3. The number of hydrogen-bond acceptors (Lipinski definition) is 2. The molecule has 0 bridgehead atoms. The third-order valence-electron chi connectivity index (χ3n) is 2.09. The quantitative estimate of drug-likeness (QED) is 0.847. The van der Waals surface area contributed by atoms with E-state index >= 15 is 0 Å². The van der Waals surface area contributed by atoms with Gasteiger partial charge in [0.25, 0.3) is 0 Å². The van der Waals surface area contributed by atoms with Gasteiger partial charge in [-0.3, -0.25) is 4.98 Å². The van der Waals surface area contributed by atoms with E-state index in [1.165, 1.54) is 6.07 Å². The van der Waals surface area contributed by atoms with E-state index in [4.69, 9.17) is 5.73 Å². The van der Waals surface area contributed by atoms with Crippen molar-refractivity contribution in [3.63, 3.8) is 0 Å². The smallest absolute Gasteiger partial charge is 0.323 e. The molecular formula is C10H13F3N2. The Bertz CT molecular complexity index is 305. The van der Waals surface area contributed by atoms with Crippen molar-refractivity contribution < 1.29 is 13.2 Å². The van der Waals surface area contributed by atoms with E-state index in [2.05, 4.69) is 4.98 Å². The Labute approximate surface area is 86.3 Å². The lowest BCUT2D eigenvalue weighted by atomic mass is 10.1. The van der Waals surface area contributed by atoms with Gasteiger partial charge in [0, 0.05) is 12.2 Å². The topological polar surface area (TPSA) is 38.9 Å². The van der Waals surface area contributed by atoms with Crippen molar-refractivity contribution in [3.8, 4) is 0 Å². The first kappa shape index (κ1) is 12.0. The van der Waals surface area contributed by atoms with Crippen LogP contribution in [-0.4, -0.2) is 4.98 Å². The van der Waals surface area contributed by atoms with Crippen molar-refractivity contribution in [2.75, 3.05) is 0 Å². The van der Waals surface area contributed by atoms with Crippen LogP contribution in [0, 0.1) is 0 Å². The molecule has 5 heteroatoms. The van der Waals surface area contributed by atoms with Gasteiger partial charge in [-0.05, 0) is 18.6 Å². The van der Waals surface area contributed by atoms with Crippen LogP contribution in [0.2, 0.25) is 0 Å². The van der Waals surface area contributed by atoms with E-state index < -0.39 is 11.7 Å². The summed E-state index contributed by atoms with van der Waals surface area (Å²) in [4.78, 5) is 3.72. The molecule has 1 aromatic rings. The van der Waals surface area contributed by atoms with Gasteiger partial charge < -0.3 is 5.73 Å². The van der Waals surface area contributed by atoms with E-state index in [1.54, 1.807) is 0 Å². The Balaban J connectivity index is 2.81. The third-order valence-corrected chi connectivity index (χ3v) is 2.09. The average Bonchev–Trinajstić information content (AvgIpc) is 2.17. The second kappa shape index (κ2) is 4.61. The van der Waals surface area contributed by atoms with Crippen LogP contribution in [0.25, 0.3) is 0 Å². The molecule has 1 aromatic heterocycles. The van der Waals surface area contributed by atoms with E-state index in [0.717, 1.165) is 25.1 Å². The van der Waals surface area contributed by atoms with Crippen LogP contribution in [0.15, 0.2) is 18.3 Å². The Morgan fingerprint density at radius 2 is 2.07 bits per heavy atom. The zero-order valence-corrected chi connectivity index (χ0v) is 8.38. The molecule has 0 aliphatic rings. The fraction of sp³-hybridized carbons (Fsp3) is 0.500. The largest absolute Gasteiger partial charge is 0.417 e. The standard InChI is InChI=1S/C10H13F3N2/c1-2-3-8(14)9-5-4-7(6-15-9)10(11,12)13/h4-6,8H,2-3,14H2,1H3. The van der Waals surface area contributed by atoms with Gasteiger partial charge in [-0.1, -0.05) is 13.3 Å². The van der Waals surface area contributed by atoms with Crippen LogP contribution in [0.4, 0.5) is 13.2 Å². The molecule has 0 saturated carbocycles.